The summed E-state index contributed by atoms with van der Waals surface area (Å²) >= 11 is 1.81. The topological polar surface area (TPSA) is 47.0 Å². The molecule has 6 heteroatoms. The molecule has 0 amide bonds. The molecule has 1 aliphatic heterocycles. The molecule has 1 aromatic carbocycles. The van der Waals surface area contributed by atoms with Crippen molar-refractivity contribution in [2.75, 3.05) is 19.5 Å². The van der Waals surface area contributed by atoms with E-state index in [0.29, 0.717) is 11.4 Å². The third-order valence-corrected chi connectivity index (χ3v) is 4.20. The van der Waals surface area contributed by atoms with Crippen molar-refractivity contribution in [1.29, 1.82) is 0 Å². The predicted octanol–water partition coefficient (Wildman–Crippen LogP) is 3.08. The molecular formula is C14H14FN3OS. The highest BCUT2D eigenvalue weighted by Crippen LogP contribution is 2.34. The third kappa shape index (κ3) is 2.20. The molecule has 0 aliphatic carbocycles. The average Bonchev–Trinajstić information content (AvgIpc) is 2.94. The van der Waals surface area contributed by atoms with E-state index in [1.165, 1.54) is 13.2 Å². The molecule has 0 unspecified atom stereocenters. The van der Waals surface area contributed by atoms with Crippen LogP contribution in [0.5, 0.6) is 5.75 Å². The van der Waals surface area contributed by atoms with Crippen LogP contribution in [0.25, 0.3) is 11.4 Å². The summed E-state index contributed by atoms with van der Waals surface area (Å²) in [5.74, 6) is 2.97. The van der Waals surface area contributed by atoms with E-state index in [2.05, 4.69) is 15.3 Å². The molecule has 0 fully saturated rings. The molecule has 3 rings (SSSR count). The van der Waals surface area contributed by atoms with Gasteiger partial charge in [0.05, 0.1) is 12.8 Å². The highest BCUT2D eigenvalue weighted by atomic mass is 32.2. The number of fused-ring (bicyclic) bond motifs is 1. The number of halogens is 1. The number of methoxy groups -OCH3 is 1. The van der Waals surface area contributed by atoms with Crippen molar-refractivity contribution in [3.8, 4) is 17.1 Å². The van der Waals surface area contributed by atoms with Crippen LogP contribution < -0.4 is 10.1 Å². The Balaban J connectivity index is 2.08. The molecule has 0 spiro atoms. The maximum absolute atomic E-state index is 13.8. The first kappa shape index (κ1) is 13.2. The van der Waals surface area contributed by atoms with Gasteiger partial charge in [-0.15, -0.1) is 0 Å². The molecule has 104 valence electrons. The Kier molecular flexibility index (Phi) is 3.48. The van der Waals surface area contributed by atoms with Crippen molar-refractivity contribution in [2.45, 2.75) is 11.5 Å². The summed E-state index contributed by atoms with van der Waals surface area (Å²) < 4.78 is 18.7. The minimum absolute atomic E-state index is 0.222. The zero-order valence-corrected chi connectivity index (χ0v) is 12.1. The lowest BCUT2D eigenvalue weighted by Crippen LogP contribution is -2.03. The van der Waals surface area contributed by atoms with Crippen molar-refractivity contribution in [3.63, 3.8) is 0 Å². The monoisotopic (exact) mass is 291 g/mol. The highest BCUT2D eigenvalue weighted by Gasteiger charge is 2.20. The van der Waals surface area contributed by atoms with Gasteiger partial charge in [-0.2, -0.15) is 11.8 Å². The minimum atomic E-state index is -0.408. The molecule has 1 N–H and O–H groups in total. The van der Waals surface area contributed by atoms with Crippen LogP contribution in [0.3, 0.4) is 0 Å². The van der Waals surface area contributed by atoms with Gasteiger partial charge >= 0.3 is 0 Å². The van der Waals surface area contributed by atoms with E-state index in [9.17, 15) is 4.39 Å². The molecule has 2 aromatic rings. The number of ether oxygens (including phenoxy) is 1. The van der Waals surface area contributed by atoms with Gasteiger partial charge in [-0.3, -0.25) is 0 Å². The smallest absolute Gasteiger partial charge is 0.165 e. The Bertz CT molecular complexity index is 663. The fourth-order valence-electron chi connectivity index (χ4n) is 2.19. The summed E-state index contributed by atoms with van der Waals surface area (Å²) in [4.78, 5) is 9.04. The first-order valence-corrected chi connectivity index (χ1v) is 7.37. The number of nitrogens with one attached hydrogen (secondary N) is 1. The second-order valence-electron chi connectivity index (χ2n) is 4.41. The molecule has 0 saturated carbocycles. The lowest BCUT2D eigenvalue weighted by Gasteiger charge is -2.10. The number of aromatic nitrogens is 2. The van der Waals surface area contributed by atoms with Gasteiger partial charge in [-0.05, 0) is 18.2 Å². The number of hydrogen-bond acceptors (Lipinski definition) is 5. The van der Waals surface area contributed by atoms with Crippen LogP contribution in [0.2, 0.25) is 0 Å². The van der Waals surface area contributed by atoms with Crippen molar-refractivity contribution in [1.82, 2.24) is 9.97 Å². The highest BCUT2D eigenvalue weighted by molar-refractivity contribution is 7.98. The van der Waals surface area contributed by atoms with Gasteiger partial charge in [-0.1, -0.05) is 0 Å². The van der Waals surface area contributed by atoms with E-state index in [0.717, 1.165) is 28.6 Å². The summed E-state index contributed by atoms with van der Waals surface area (Å²) in [7, 11) is 3.28. The molecule has 0 atom stereocenters. The van der Waals surface area contributed by atoms with Crippen LogP contribution in [0.15, 0.2) is 18.2 Å². The van der Waals surface area contributed by atoms with E-state index in [4.69, 9.17) is 4.74 Å². The molecule has 4 nitrogen and oxygen atoms in total. The van der Waals surface area contributed by atoms with Crippen LogP contribution in [-0.4, -0.2) is 24.1 Å². The van der Waals surface area contributed by atoms with Gasteiger partial charge in [0, 0.05) is 29.7 Å². The second-order valence-corrected chi connectivity index (χ2v) is 5.40. The minimum Gasteiger partial charge on any atom is -0.494 e. The number of thioether (sulfide) groups is 1. The third-order valence-electron chi connectivity index (χ3n) is 3.22. The Morgan fingerprint density at radius 1 is 1.30 bits per heavy atom. The molecule has 2 heterocycles. The van der Waals surface area contributed by atoms with Crippen molar-refractivity contribution in [3.05, 3.63) is 35.3 Å². The second kappa shape index (κ2) is 5.28. The summed E-state index contributed by atoms with van der Waals surface area (Å²) in [5.41, 5.74) is 2.83. The van der Waals surface area contributed by atoms with Gasteiger partial charge < -0.3 is 10.1 Å². The largest absolute Gasteiger partial charge is 0.494 e. The first-order chi connectivity index (χ1) is 9.72. The predicted molar refractivity (Wildman–Crippen MR) is 78.5 cm³/mol. The van der Waals surface area contributed by atoms with Crippen molar-refractivity contribution in [2.24, 2.45) is 0 Å². The van der Waals surface area contributed by atoms with Gasteiger partial charge in [-0.25, -0.2) is 14.4 Å². The van der Waals surface area contributed by atoms with Crippen LogP contribution in [0, 0.1) is 5.82 Å². The Morgan fingerprint density at radius 3 is 2.85 bits per heavy atom. The molecular weight excluding hydrogens is 277 g/mol. The van der Waals surface area contributed by atoms with Gasteiger partial charge in [0.15, 0.2) is 17.4 Å². The van der Waals surface area contributed by atoms with Crippen molar-refractivity contribution >= 4 is 17.6 Å². The summed E-state index contributed by atoms with van der Waals surface area (Å²) in [6.45, 7) is 0. The number of rotatable bonds is 3. The first-order valence-electron chi connectivity index (χ1n) is 6.22. The summed E-state index contributed by atoms with van der Waals surface area (Å²) in [6, 6.07) is 4.77. The zero-order valence-electron chi connectivity index (χ0n) is 11.2. The van der Waals surface area contributed by atoms with E-state index in [1.807, 2.05) is 18.8 Å². The van der Waals surface area contributed by atoms with Crippen LogP contribution in [0.4, 0.5) is 10.2 Å². The van der Waals surface area contributed by atoms with Crippen LogP contribution in [-0.2, 0) is 11.5 Å². The standard InChI is InChI=1S/C14H14FN3OS/c1-16-14-9-6-20-7-11(9)17-13(18-14)8-3-4-12(19-2)10(15)5-8/h3-5H,6-7H2,1-2H3,(H,16,17,18). The molecule has 1 aliphatic rings. The normalized spacial score (nSPS) is 13.2. The molecule has 0 bridgehead atoms. The quantitative estimate of drug-likeness (QED) is 0.941. The van der Waals surface area contributed by atoms with E-state index < -0.39 is 5.82 Å². The maximum Gasteiger partial charge on any atom is 0.165 e. The van der Waals surface area contributed by atoms with Crippen LogP contribution in [0.1, 0.15) is 11.3 Å². The maximum atomic E-state index is 13.8. The van der Waals surface area contributed by atoms with Crippen molar-refractivity contribution < 1.29 is 9.13 Å². The van der Waals surface area contributed by atoms with E-state index >= 15 is 0 Å². The summed E-state index contributed by atoms with van der Waals surface area (Å²) in [5, 5.41) is 3.09. The Morgan fingerprint density at radius 2 is 2.15 bits per heavy atom. The molecule has 20 heavy (non-hydrogen) atoms. The molecule has 1 aromatic heterocycles. The summed E-state index contributed by atoms with van der Waals surface area (Å²) in [6.07, 6.45) is 0. The number of nitrogens with zero attached hydrogens (tertiary/aromatic N) is 2. The molecule has 0 saturated heterocycles. The van der Waals surface area contributed by atoms with Gasteiger partial charge in [0.2, 0.25) is 0 Å². The van der Waals surface area contributed by atoms with Gasteiger partial charge in [0.1, 0.15) is 5.82 Å². The Hall–Kier alpha value is -1.82. The van der Waals surface area contributed by atoms with Crippen LogP contribution >= 0.6 is 11.8 Å². The average molecular weight is 291 g/mol. The Labute approximate surface area is 120 Å². The SMILES string of the molecule is CNc1nc(-c2ccc(OC)c(F)c2)nc2c1CSC2. The van der Waals surface area contributed by atoms with E-state index in [1.54, 1.807) is 12.1 Å². The molecule has 0 radical (unpaired) electrons. The number of anilines is 1. The van der Waals surface area contributed by atoms with Gasteiger partial charge in [0.25, 0.3) is 0 Å². The lowest BCUT2D eigenvalue weighted by molar-refractivity contribution is 0.386. The zero-order chi connectivity index (χ0) is 14.1. The van der Waals surface area contributed by atoms with E-state index in [-0.39, 0.29) is 5.75 Å². The fourth-order valence-corrected chi connectivity index (χ4v) is 3.23. The number of benzene rings is 1. The fraction of sp³-hybridized carbons (Fsp3) is 0.286. The lowest BCUT2D eigenvalue weighted by atomic mass is 10.1. The number of hydrogen-bond donors (Lipinski definition) is 1.